The minimum absolute atomic E-state index is 0.105. The van der Waals surface area contributed by atoms with Gasteiger partial charge in [-0.05, 0) is 46.3 Å². The second-order valence-electron chi connectivity index (χ2n) is 3.92. The summed E-state index contributed by atoms with van der Waals surface area (Å²) in [5, 5.41) is 0. The van der Waals surface area contributed by atoms with Crippen LogP contribution >= 0.6 is 15.9 Å². The highest BCUT2D eigenvalue weighted by Crippen LogP contribution is 2.19. The van der Waals surface area contributed by atoms with Gasteiger partial charge in [-0.25, -0.2) is 13.2 Å². The lowest BCUT2D eigenvalue weighted by atomic mass is 10.1. The van der Waals surface area contributed by atoms with E-state index >= 15 is 0 Å². The van der Waals surface area contributed by atoms with Gasteiger partial charge in [0.15, 0.2) is 24.0 Å². The molecule has 0 fully saturated rings. The molecule has 2 aromatic rings. The van der Waals surface area contributed by atoms with Crippen LogP contribution in [0.15, 0.2) is 40.9 Å². The zero-order valence-corrected chi connectivity index (χ0v) is 11.6. The summed E-state index contributed by atoms with van der Waals surface area (Å²) in [7, 11) is 0. The molecule has 20 heavy (non-hydrogen) atoms. The lowest BCUT2D eigenvalue weighted by molar-refractivity contribution is 0.0918. The molecule has 0 N–H and O–H groups in total. The predicted octanol–water partition coefficient (Wildman–Crippen LogP) is 4.13. The van der Waals surface area contributed by atoms with Crippen LogP contribution in [0.1, 0.15) is 10.4 Å². The molecule has 0 atom stereocenters. The molecular formula is C14H8BrF3O2. The fourth-order valence-corrected chi connectivity index (χ4v) is 1.74. The first kappa shape index (κ1) is 14.6. The van der Waals surface area contributed by atoms with Crippen molar-refractivity contribution in [3.05, 3.63) is 63.9 Å². The monoisotopic (exact) mass is 344 g/mol. The summed E-state index contributed by atoms with van der Waals surface area (Å²) in [5.74, 6) is -2.97. The van der Waals surface area contributed by atoms with Crippen molar-refractivity contribution in [2.75, 3.05) is 6.61 Å². The normalized spacial score (nSPS) is 10.4. The van der Waals surface area contributed by atoms with E-state index in [0.717, 1.165) is 18.2 Å². The molecule has 2 rings (SSSR count). The first-order chi connectivity index (χ1) is 9.47. The van der Waals surface area contributed by atoms with Gasteiger partial charge in [-0.2, -0.15) is 0 Å². The van der Waals surface area contributed by atoms with Gasteiger partial charge in [0, 0.05) is 11.6 Å². The molecule has 0 aliphatic heterocycles. The predicted molar refractivity (Wildman–Crippen MR) is 70.3 cm³/mol. The molecular weight excluding hydrogens is 337 g/mol. The van der Waals surface area contributed by atoms with Gasteiger partial charge in [-0.15, -0.1) is 0 Å². The first-order valence-electron chi connectivity index (χ1n) is 5.53. The minimum atomic E-state index is -0.903. The van der Waals surface area contributed by atoms with Crippen molar-refractivity contribution in [3.63, 3.8) is 0 Å². The summed E-state index contributed by atoms with van der Waals surface area (Å²) < 4.78 is 44.4. The molecule has 0 saturated carbocycles. The van der Waals surface area contributed by atoms with Crippen LogP contribution in [0, 0.1) is 17.5 Å². The van der Waals surface area contributed by atoms with Crippen LogP contribution in [0.4, 0.5) is 13.2 Å². The average molecular weight is 345 g/mol. The Hall–Kier alpha value is -1.82. The minimum Gasteiger partial charge on any atom is -0.482 e. The van der Waals surface area contributed by atoms with E-state index in [0.29, 0.717) is 6.07 Å². The third kappa shape index (κ3) is 3.39. The van der Waals surface area contributed by atoms with Crippen LogP contribution in [-0.4, -0.2) is 12.4 Å². The number of carbonyl (C=O) groups excluding carboxylic acids is 1. The Morgan fingerprint density at radius 2 is 1.80 bits per heavy atom. The maximum absolute atomic E-state index is 13.3. The molecule has 0 heterocycles. The fourth-order valence-electron chi connectivity index (χ4n) is 1.49. The highest BCUT2D eigenvalue weighted by atomic mass is 79.9. The van der Waals surface area contributed by atoms with E-state index < -0.39 is 29.8 Å². The maximum Gasteiger partial charge on any atom is 0.200 e. The second kappa shape index (κ2) is 6.09. The summed E-state index contributed by atoms with van der Waals surface area (Å²) in [6.45, 7) is -0.469. The number of hydrogen-bond donors (Lipinski definition) is 0. The maximum atomic E-state index is 13.3. The number of ether oxygens (including phenoxy) is 1. The van der Waals surface area contributed by atoms with Crippen LogP contribution in [-0.2, 0) is 0 Å². The van der Waals surface area contributed by atoms with Crippen molar-refractivity contribution in [1.29, 1.82) is 0 Å². The van der Waals surface area contributed by atoms with Gasteiger partial charge < -0.3 is 4.74 Å². The van der Waals surface area contributed by atoms with Crippen molar-refractivity contribution >= 4 is 21.7 Å². The van der Waals surface area contributed by atoms with Crippen LogP contribution in [0.3, 0.4) is 0 Å². The van der Waals surface area contributed by atoms with Crippen molar-refractivity contribution in [1.82, 2.24) is 0 Å². The largest absolute Gasteiger partial charge is 0.482 e. The summed E-state index contributed by atoms with van der Waals surface area (Å²) in [6, 6.07) is 6.61. The summed E-state index contributed by atoms with van der Waals surface area (Å²) >= 11 is 2.97. The Morgan fingerprint density at radius 3 is 2.45 bits per heavy atom. The summed E-state index contributed by atoms with van der Waals surface area (Å²) in [5.41, 5.74) is 0.105. The van der Waals surface area contributed by atoms with E-state index in [1.807, 2.05) is 0 Å². The highest BCUT2D eigenvalue weighted by molar-refractivity contribution is 9.10. The Labute approximate surface area is 121 Å². The van der Waals surface area contributed by atoms with Crippen LogP contribution < -0.4 is 4.74 Å². The first-order valence-corrected chi connectivity index (χ1v) is 6.33. The van der Waals surface area contributed by atoms with E-state index in [-0.39, 0.29) is 15.8 Å². The topological polar surface area (TPSA) is 26.3 Å². The lowest BCUT2D eigenvalue weighted by Gasteiger charge is -2.07. The molecule has 0 unspecified atom stereocenters. The zero-order chi connectivity index (χ0) is 14.7. The second-order valence-corrected chi connectivity index (χ2v) is 4.77. The SMILES string of the molecule is O=C(COc1ccc(F)cc1F)c1ccc(Br)c(F)c1. The van der Waals surface area contributed by atoms with Gasteiger partial charge in [0.1, 0.15) is 11.6 Å². The Bertz CT molecular complexity index is 659. The molecule has 104 valence electrons. The van der Waals surface area contributed by atoms with Gasteiger partial charge in [-0.1, -0.05) is 0 Å². The van der Waals surface area contributed by atoms with Gasteiger partial charge in [0.25, 0.3) is 0 Å². The fraction of sp³-hybridized carbons (Fsp3) is 0.0714. The summed E-state index contributed by atoms with van der Waals surface area (Å²) in [6.07, 6.45) is 0. The molecule has 0 aliphatic rings. The van der Waals surface area contributed by atoms with Gasteiger partial charge in [0.05, 0.1) is 4.47 Å². The number of hydrogen-bond acceptors (Lipinski definition) is 2. The van der Waals surface area contributed by atoms with Crippen molar-refractivity contribution in [2.45, 2.75) is 0 Å². The Morgan fingerprint density at radius 1 is 1.05 bits per heavy atom. The zero-order valence-electron chi connectivity index (χ0n) is 10.00. The lowest BCUT2D eigenvalue weighted by Crippen LogP contribution is -2.12. The number of ketones is 1. The van der Waals surface area contributed by atoms with Crippen molar-refractivity contribution in [3.8, 4) is 5.75 Å². The standard InChI is InChI=1S/C14H8BrF3O2/c15-10-3-1-8(5-11(10)17)13(19)7-20-14-4-2-9(16)6-12(14)18/h1-6H,7H2. The third-order valence-electron chi connectivity index (χ3n) is 2.49. The molecule has 6 heteroatoms. The molecule has 0 aromatic heterocycles. The molecule has 2 aromatic carbocycles. The van der Waals surface area contributed by atoms with Crippen molar-refractivity contribution < 1.29 is 22.7 Å². The smallest absolute Gasteiger partial charge is 0.200 e. The van der Waals surface area contributed by atoms with Gasteiger partial charge in [0.2, 0.25) is 0 Å². The third-order valence-corrected chi connectivity index (χ3v) is 3.14. The molecule has 2 nitrogen and oxygen atoms in total. The molecule has 0 spiro atoms. The number of benzene rings is 2. The molecule has 0 aliphatic carbocycles. The highest BCUT2D eigenvalue weighted by Gasteiger charge is 2.11. The number of halogens is 4. The number of carbonyl (C=O) groups is 1. The molecule has 0 saturated heterocycles. The van der Waals surface area contributed by atoms with Crippen molar-refractivity contribution in [2.24, 2.45) is 0 Å². The Balaban J connectivity index is 2.06. The Kier molecular flexibility index (Phi) is 4.44. The van der Waals surface area contributed by atoms with E-state index in [9.17, 15) is 18.0 Å². The van der Waals surface area contributed by atoms with E-state index in [1.54, 1.807) is 0 Å². The average Bonchev–Trinajstić information content (AvgIpc) is 2.40. The van der Waals surface area contributed by atoms with Crippen LogP contribution in [0.5, 0.6) is 5.75 Å². The van der Waals surface area contributed by atoms with Crippen LogP contribution in [0.2, 0.25) is 0 Å². The van der Waals surface area contributed by atoms with Crippen LogP contribution in [0.25, 0.3) is 0 Å². The van der Waals surface area contributed by atoms with Gasteiger partial charge in [-0.3, -0.25) is 4.79 Å². The summed E-state index contributed by atoms with van der Waals surface area (Å²) in [4.78, 5) is 11.8. The number of rotatable bonds is 4. The van der Waals surface area contributed by atoms with E-state index in [2.05, 4.69) is 15.9 Å². The van der Waals surface area contributed by atoms with E-state index in [1.165, 1.54) is 12.1 Å². The molecule has 0 bridgehead atoms. The quantitative estimate of drug-likeness (QED) is 0.779. The molecule has 0 radical (unpaired) electrons. The van der Waals surface area contributed by atoms with Gasteiger partial charge >= 0.3 is 0 Å². The van der Waals surface area contributed by atoms with E-state index in [4.69, 9.17) is 4.74 Å². The molecule has 0 amide bonds. The number of Topliss-reactive ketones (excluding diaryl/α,β-unsaturated/α-hetero) is 1.